The van der Waals surface area contributed by atoms with Crippen molar-refractivity contribution >= 4 is 21.7 Å². The second kappa shape index (κ2) is 3.81. The molecule has 0 N–H and O–H groups in total. The molecule has 2 rings (SSSR count). The summed E-state index contributed by atoms with van der Waals surface area (Å²) in [5.74, 6) is 1.62. The summed E-state index contributed by atoms with van der Waals surface area (Å²) in [6.07, 6.45) is 3.89. The Morgan fingerprint density at radius 2 is 2.07 bits per heavy atom. The molecule has 0 aliphatic carbocycles. The molecule has 0 fully saturated rings. The van der Waals surface area contributed by atoms with Gasteiger partial charge in [0.1, 0.15) is 0 Å². The number of rotatable bonds is 2. The first-order valence-electron chi connectivity index (χ1n) is 4.71. The van der Waals surface area contributed by atoms with Crippen molar-refractivity contribution in [3.8, 4) is 5.88 Å². The monoisotopic (exact) mass is 269 g/mol. The predicted molar refractivity (Wildman–Crippen MR) is 61.3 cm³/mol. The standard InChI is InChI=1S/C10H12BrN3O/c1-6(2)8-5-14-4-7(11)9(15-3)13-10(14)12-8/h4-6H,1-3H3. The van der Waals surface area contributed by atoms with E-state index in [9.17, 15) is 0 Å². The van der Waals surface area contributed by atoms with Crippen molar-refractivity contribution < 1.29 is 4.74 Å². The summed E-state index contributed by atoms with van der Waals surface area (Å²) in [5, 5.41) is 0. The highest BCUT2D eigenvalue weighted by atomic mass is 79.9. The summed E-state index contributed by atoms with van der Waals surface area (Å²) in [6.45, 7) is 4.21. The van der Waals surface area contributed by atoms with E-state index >= 15 is 0 Å². The first-order chi connectivity index (χ1) is 7.11. The molecule has 0 bridgehead atoms. The average Bonchev–Trinajstić information content (AvgIpc) is 2.59. The van der Waals surface area contributed by atoms with Crippen LogP contribution in [0.5, 0.6) is 5.88 Å². The van der Waals surface area contributed by atoms with E-state index in [1.165, 1.54) is 0 Å². The van der Waals surface area contributed by atoms with Gasteiger partial charge in [-0.3, -0.25) is 4.40 Å². The molecule has 0 radical (unpaired) electrons. The third kappa shape index (κ3) is 1.84. The number of fused-ring (bicyclic) bond motifs is 1. The highest BCUT2D eigenvalue weighted by Crippen LogP contribution is 2.23. The van der Waals surface area contributed by atoms with Gasteiger partial charge in [0.25, 0.3) is 0 Å². The molecular formula is C10H12BrN3O. The van der Waals surface area contributed by atoms with Crippen molar-refractivity contribution in [2.45, 2.75) is 19.8 Å². The normalized spacial score (nSPS) is 11.3. The highest BCUT2D eigenvalue weighted by Gasteiger charge is 2.09. The molecule has 0 saturated carbocycles. The van der Waals surface area contributed by atoms with Gasteiger partial charge in [0.15, 0.2) is 0 Å². The number of hydrogen-bond acceptors (Lipinski definition) is 3. The Balaban J connectivity index is 2.61. The summed E-state index contributed by atoms with van der Waals surface area (Å²) in [5.41, 5.74) is 1.03. The van der Waals surface area contributed by atoms with E-state index < -0.39 is 0 Å². The number of hydrogen-bond donors (Lipinski definition) is 0. The van der Waals surface area contributed by atoms with Crippen molar-refractivity contribution in [3.05, 3.63) is 22.6 Å². The van der Waals surface area contributed by atoms with Crippen LogP contribution < -0.4 is 4.74 Å². The summed E-state index contributed by atoms with van der Waals surface area (Å²) >= 11 is 3.39. The van der Waals surface area contributed by atoms with Crippen LogP contribution in [0.2, 0.25) is 0 Å². The van der Waals surface area contributed by atoms with Crippen molar-refractivity contribution in [1.82, 2.24) is 14.4 Å². The van der Waals surface area contributed by atoms with Crippen molar-refractivity contribution in [2.75, 3.05) is 7.11 Å². The third-order valence-electron chi connectivity index (χ3n) is 2.17. The molecule has 80 valence electrons. The first kappa shape index (κ1) is 10.4. The average molecular weight is 270 g/mol. The van der Waals surface area contributed by atoms with E-state index in [2.05, 4.69) is 39.7 Å². The van der Waals surface area contributed by atoms with Gasteiger partial charge in [-0.15, -0.1) is 0 Å². The highest BCUT2D eigenvalue weighted by molar-refractivity contribution is 9.10. The zero-order valence-corrected chi connectivity index (χ0v) is 10.4. The van der Waals surface area contributed by atoms with Gasteiger partial charge in [-0.25, -0.2) is 4.98 Å². The van der Waals surface area contributed by atoms with Gasteiger partial charge in [0.05, 0.1) is 17.3 Å². The van der Waals surface area contributed by atoms with Crippen LogP contribution in [0.1, 0.15) is 25.5 Å². The summed E-state index contributed by atoms with van der Waals surface area (Å²) in [7, 11) is 1.59. The van der Waals surface area contributed by atoms with E-state index in [0.717, 1.165) is 10.2 Å². The second-order valence-corrected chi connectivity index (χ2v) is 4.48. The maximum Gasteiger partial charge on any atom is 0.237 e. The quantitative estimate of drug-likeness (QED) is 0.842. The fourth-order valence-corrected chi connectivity index (χ4v) is 1.79. The van der Waals surface area contributed by atoms with Crippen LogP contribution in [0.4, 0.5) is 0 Å². The molecule has 0 spiro atoms. The Labute approximate surface area is 96.4 Å². The fourth-order valence-electron chi connectivity index (χ4n) is 1.32. The lowest BCUT2D eigenvalue weighted by atomic mass is 10.2. The van der Waals surface area contributed by atoms with Crippen LogP contribution in [0.25, 0.3) is 5.78 Å². The minimum atomic E-state index is 0.400. The molecule has 2 aromatic rings. The lowest BCUT2D eigenvalue weighted by molar-refractivity contribution is 0.395. The molecular weight excluding hydrogens is 258 g/mol. The minimum absolute atomic E-state index is 0.400. The number of imidazole rings is 1. The predicted octanol–water partition coefficient (Wildman–Crippen LogP) is 2.62. The molecule has 0 amide bonds. The van der Waals surface area contributed by atoms with E-state index in [-0.39, 0.29) is 0 Å². The molecule has 0 aliphatic heterocycles. The number of halogens is 1. The Hall–Kier alpha value is -1.10. The van der Waals surface area contributed by atoms with Crippen molar-refractivity contribution in [1.29, 1.82) is 0 Å². The van der Waals surface area contributed by atoms with E-state index in [0.29, 0.717) is 17.6 Å². The molecule has 4 nitrogen and oxygen atoms in total. The topological polar surface area (TPSA) is 39.4 Å². The zero-order valence-electron chi connectivity index (χ0n) is 8.86. The van der Waals surface area contributed by atoms with Crippen LogP contribution in [0.15, 0.2) is 16.9 Å². The molecule has 0 aromatic carbocycles. The zero-order chi connectivity index (χ0) is 11.0. The van der Waals surface area contributed by atoms with Crippen LogP contribution >= 0.6 is 15.9 Å². The number of aromatic nitrogens is 3. The van der Waals surface area contributed by atoms with Crippen LogP contribution in [-0.4, -0.2) is 21.5 Å². The molecule has 0 atom stereocenters. The van der Waals surface area contributed by atoms with Gasteiger partial charge < -0.3 is 4.74 Å². The van der Waals surface area contributed by atoms with Gasteiger partial charge in [-0.05, 0) is 21.8 Å². The van der Waals surface area contributed by atoms with Gasteiger partial charge in [-0.1, -0.05) is 13.8 Å². The van der Waals surface area contributed by atoms with Crippen LogP contribution in [0, 0.1) is 0 Å². The van der Waals surface area contributed by atoms with Gasteiger partial charge in [0, 0.05) is 12.4 Å². The molecule has 0 aliphatic rings. The number of methoxy groups -OCH3 is 1. The van der Waals surface area contributed by atoms with E-state index in [1.54, 1.807) is 7.11 Å². The smallest absolute Gasteiger partial charge is 0.237 e. The maximum atomic E-state index is 5.11. The van der Waals surface area contributed by atoms with Crippen LogP contribution in [0.3, 0.4) is 0 Å². The van der Waals surface area contributed by atoms with Gasteiger partial charge >= 0.3 is 0 Å². The second-order valence-electron chi connectivity index (χ2n) is 3.63. The Kier molecular flexibility index (Phi) is 2.65. The van der Waals surface area contributed by atoms with E-state index in [1.807, 2.05) is 16.8 Å². The number of nitrogens with zero attached hydrogens (tertiary/aromatic N) is 3. The fraction of sp³-hybridized carbons (Fsp3) is 0.400. The van der Waals surface area contributed by atoms with Crippen molar-refractivity contribution in [3.63, 3.8) is 0 Å². The molecule has 2 heterocycles. The molecule has 5 heteroatoms. The van der Waals surface area contributed by atoms with Gasteiger partial charge in [-0.2, -0.15) is 4.98 Å². The third-order valence-corrected chi connectivity index (χ3v) is 2.72. The van der Waals surface area contributed by atoms with Crippen LogP contribution in [-0.2, 0) is 0 Å². The molecule has 2 aromatic heterocycles. The summed E-state index contributed by atoms with van der Waals surface area (Å²) < 4.78 is 7.83. The van der Waals surface area contributed by atoms with Gasteiger partial charge in [0.2, 0.25) is 11.7 Å². The summed E-state index contributed by atoms with van der Waals surface area (Å²) in [6, 6.07) is 0. The molecule has 0 unspecified atom stereocenters. The SMILES string of the molecule is COc1nc2nc(C(C)C)cn2cc1Br. The Morgan fingerprint density at radius 3 is 2.67 bits per heavy atom. The van der Waals surface area contributed by atoms with Crippen molar-refractivity contribution in [2.24, 2.45) is 0 Å². The lowest BCUT2D eigenvalue weighted by Gasteiger charge is -2.01. The summed E-state index contributed by atoms with van der Waals surface area (Å²) in [4.78, 5) is 8.69. The molecule has 0 saturated heterocycles. The lowest BCUT2D eigenvalue weighted by Crippen LogP contribution is -1.93. The first-order valence-corrected chi connectivity index (χ1v) is 5.50. The van der Waals surface area contributed by atoms with E-state index in [4.69, 9.17) is 4.74 Å². The Morgan fingerprint density at radius 1 is 1.33 bits per heavy atom. The minimum Gasteiger partial charge on any atom is -0.480 e. The maximum absolute atomic E-state index is 5.11. The number of ether oxygens (including phenoxy) is 1. The largest absolute Gasteiger partial charge is 0.480 e. The Bertz CT molecular complexity index is 493. The molecule has 15 heavy (non-hydrogen) atoms.